The largest absolute Gasteiger partial charge is 0.378 e. The maximum Gasteiger partial charge on any atom is 0.243 e. The van der Waals surface area contributed by atoms with Gasteiger partial charge in [-0.15, -0.1) is 0 Å². The molecular weight excluding hydrogens is 278 g/mol. The SMILES string of the molecule is CCOC1CC(N)(C(=O)N2CCC(CN(C)C)CC2)C1(C)C. The van der Waals surface area contributed by atoms with Gasteiger partial charge in [0, 0.05) is 38.1 Å². The van der Waals surface area contributed by atoms with E-state index in [9.17, 15) is 4.79 Å². The average molecular weight is 311 g/mol. The molecule has 0 aromatic heterocycles. The van der Waals surface area contributed by atoms with Crippen LogP contribution in [0.5, 0.6) is 0 Å². The van der Waals surface area contributed by atoms with Crippen LogP contribution in [0.15, 0.2) is 0 Å². The van der Waals surface area contributed by atoms with Gasteiger partial charge in [0.1, 0.15) is 5.54 Å². The number of ether oxygens (including phenoxy) is 1. The Morgan fingerprint density at radius 2 is 1.91 bits per heavy atom. The fourth-order valence-electron chi connectivity index (χ4n) is 3.92. The lowest BCUT2D eigenvalue weighted by molar-refractivity contribution is -0.180. The van der Waals surface area contributed by atoms with E-state index < -0.39 is 5.54 Å². The lowest BCUT2D eigenvalue weighted by atomic mass is 9.54. The highest BCUT2D eigenvalue weighted by Crippen LogP contribution is 2.50. The maximum atomic E-state index is 12.9. The predicted octanol–water partition coefficient (Wildman–Crippen LogP) is 1.32. The van der Waals surface area contributed by atoms with Crippen LogP contribution in [-0.2, 0) is 9.53 Å². The van der Waals surface area contributed by atoms with Crippen molar-refractivity contribution in [3.05, 3.63) is 0 Å². The molecule has 0 aromatic rings. The van der Waals surface area contributed by atoms with Gasteiger partial charge < -0.3 is 20.3 Å². The van der Waals surface area contributed by atoms with Gasteiger partial charge in [0.15, 0.2) is 0 Å². The van der Waals surface area contributed by atoms with Gasteiger partial charge in [0.05, 0.1) is 6.10 Å². The zero-order valence-corrected chi connectivity index (χ0v) is 14.9. The van der Waals surface area contributed by atoms with Gasteiger partial charge in [0.2, 0.25) is 5.91 Å². The highest BCUT2D eigenvalue weighted by atomic mass is 16.5. The molecule has 2 fully saturated rings. The summed E-state index contributed by atoms with van der Waals surface area (Å²) < 4.78 is 5.73. The highest BCUT2D eigenvalue weighted by molar-refractivity contribution is 5.89. The van der Waals surface area contributed by atoms with Gasteiger partial charge in [-0.3, -0.25) is 4.79 Å². The minimum atomic E-state index is -0.763. The Balaban J connectivity index is 1.93. The number of amides is 1. The number of likely N-dealkylation sites (tertiary alicyclic amines) is 1. The van der Waals surface area contributed by atoms with Crippen LogP contribution in [0.25, 0.3) is 0 Å². The third kappa shape index (κ3) is 3.03. The third-order valence-corrected chi connectivity index (χ3v) is 5.74. The van der Waals surface area contributed by atoms with Gasteiger partial charge in [0.25, 0.3) is 0 Å². The molecule has 2 atom stereocenters. The van der Waals surface area contributed by atoms with E-state index in [1.165, 1.54) is 0 Å². The number of carbonyl (C=O) groups is 1. The monoisotopic (exact) mass is 311 g/mol. The van der Waals surface area contributed by atoms with Crippen molar-refractivity contribution >= 4 is 5.91 Å². The van der Waals surface area contributed by atoms with Crippen LogP contribution in [0.1, 0.15) is 40.0 Å². The summed E-state index contributed by atoms with van der Waals surface area (Å²) in [6.45, 7) is 9.57. The molecule has 0 spiro atoms. The number of nitrogens with zero attached hydrogens (tertiary/aromatic N) is 2. The van der Waals surface area contributed by atoms with Gasteiger partial charge in [-0.2, -0.15) is 0 Å². The van der Waals surface area contributed by atoms with E-state index in [-0.39, 0.29) is 17.4 Å². The molecule has 22 heavy (non-hydrogen) atoms. The first kappa shape index (κ1) is 17.7. The van der Waals surface area contributed by atoms with Crippen LogP contribution in [-0.4, -0.2) is 67.7 Å². The Bertz CT molecular complexity index is 403. The summed E-state index contributed by atoms with van der Waals surface area (Å²) in [7, 11) is 4.22. The normalized spacial score (nSPS) is 32.1. The minimum Gasteiger partial charge on any atom is -0.378 e. The van der Waals surface area contributed by atoms with Crippen molar-refractivity contribution < 1.29 is 9.53 Å². The van der Waals surface area contributed by atoms with Gasteiger partial charge in [-0.1, -0.05) is 13.8 Å². The number of rotatable bonds is 5. The molecule has 2 unspecified atom stereocenters. The lowest BCUT2D eigenvalue weighted by Gasteiger charge is -2.59. The number of carbonyl (C=O) groups excluding carboxylic acids is 1. The molecule has 2 N–H and O–H groups in total. The first-order valence-electron chi connectivity index (χ1n) is 8.57. The quantitative estimate of drug-likeness (QED) is 0.832. The second-order valence-electron chi connectivity index (χ2n) is 7.84. The summed E-state index contributed by atoms with van der Waals surface area (Å²) in [5.41, 5.74) is 5.46. The summed E-state index contributed by atoms with van der Waals surface area (Å²) in [5.74, 6) is 0.815. The van der Waals surface area contributed by atoms with Crippen molar-refractivity contribution in [1.82, 2.24) is 9.80 Å². The molecule has 0 aromatic carbocycles. The van der Waals surface area contributed by atoms with E-state index in [2.05, 4.69) is 32.8 Å². The first-order chi connectivity index (χ1) is 10.2. The first-order valence-corrected chi connectivity index (χ1v) is 8.57. The molecule has 2 aliphatic rings. The molecule has 1 heterocycles. The zero-order chi connectivity index (χ0) is 16.5. The van der Waals surface area contributed by atoms with Crippen molar-refractivity contribution in [2.45, 2.75) is 51.7 Å². The molecule has 1 aliphatic carbocycles. The number of nitrogens with two attached hydrogens (primary N) is 1. The van der Waals surface area contributed by atoms with E-state index in [0.717, 1.165) is 32.5 Å². The Labute approximate surface area is 135 Å². The van der Waals surface area contributed by atoms with Crippen molar-refractivity contribution in [3.8, 4) is 0 Å². The van der Waals surface area contributed by atoms with Crippen LogP contribution >= 0.6 is 0 Å². The van der Waals surface area contributed by atoms with Crippen molar-refractivity contribution in [2.75, 3.05) is 40.3 Å². The van der Waals surface area contributed by atoms with Crippen LogP contribution in [0.4, 0.5) is 0 Å². The Kier molecular flexibility index (Phi) is 5.20. The second-order valence-corrected chi connectivity index (χ2v) is 7.84. The molecule has 1 aliphatic heterocycles. The minimum absolute atomic E-state index is 0.0951. The van der Waals surface area contributed by atoms with Gasteiger partial charge >= 0.3 is 0 Å². The smallest absolute Gasteiger partial charge is 0.243 e. The highest BCUT2D eigenvalue weighted by Gasteiger charge is 2.63. The van der Waals surface area contributed by atoms with E-state index in [0.29, 0.717) is 18.9 Å². The maximum absolute atomic E-state index is 12.9. The standard InChI is InChI=1S/C17H33N3O2/c1-6-22-14-11-17(18,16(14,2)3)15(21)20-9-7-13(8-10-20)12-19(4)5/h13-14H,6-12,18H2,1-5H3. The Hall–Kier alpha value is -0.650. The molecule has 1 saturated heterocycles. The van der Waals surface area contributed by atoms with E-state index in [1.807, 2.05) is 11.8 Å². The van der Waals surface area contributed by atoms with Crippen LogP contribution in [0, 0.1) is 11.3 Å². The summed E-state index contributed by atoms with van der Waals surface area (Å²) >= 11 is 0. The summed E-state index contributed by atoms with van der Waals surface area (Å²) in [6.07, 6.45) is 2.90. The number of piperidine rings is 1. The molecule has 5 heteroatoms. The van der Waals surface area contributed by atoms with E-state index in [1.54, 1.807) is 0 Å². The molecule has 0 bridgehead atoms. The van der Waals surface area contributed by atoms with Crippen molar-refractivity contribution in [2.24, 2.45) is 17.1 Å². The zero-order valence-electron chi connectivity index (χ0n) is 14.9. The molecular formula is C17H33N3O2. The van der Waals surface area contributed by atoms with Gasteiger partial charge in [-0.25, -0.2) is 0 Å². The molecule has 1 amide bonds. The average Bonchev–Trinajstić information content (AvgIpc) is 2.46. The summed E-state index contributed by atoms with van der Waals surface area (Å²) in [5, 5.41) is 0. The van der Waals surface area contributed by atoms with E-state index in [4.69, 9.17) is 10.5 Å². The molecule has 5 nitrogen and oxygen atoms in total. The van der Waals surface area contributed by atoms with Crippen molar-refractivity contribution in [1.29, 1.82) is 0 Å². The fourth-order valence-corrected chi connectivity index (χ4v) is 3.92. The number of hydrogen-bond acceptors (Lipinski definition) is 4. The van der Waals surface area contributed by atoms with E-state index >= 15 is 0 Å². The Morgan fingerprint density at radius 1 is 1.32 bits per heavy atom. The van der Waals surface area contributed by atoms with Crippen molar-refractivity contribution in [3.63, 3.8) is 0 Å². The summed E-state index contributed by atoms with van der Waals surface area (Å²) in [6, 6.07) is 0. The summed E-state index contributed by atoms with van der Waals surface area (Å²) in [4.78, 5) is 17.1. The van der Waals surface area contributed by atoms with Gasteiger partial charge in [-0.05, 0) is 39.8 Å². The third-order valence-electron chi connectivity index (χ3n) is 5.74. The molecule has 1 saturated carbocycles. The molecule has 128 valence electrons. The fraction of sp³-hybridized carbons (Fsp3) is 0.941. The molecule has 0 radical (unpaired) electrons. The van der Waals surface area contributed by atoms with Crippen LogP contribution < -0.4 is 5.73 Å². The van der Waals surface area contributed by atoms with Crippen LogP contribution in [0.3, 0.4) is 0 Å². The Morgan fingerprint density at radius 3 is 2.36 bits per heavy atom. The van der Waals surface area contributed by atoms with Crippen LogP contribution in [0.2, 0.25) is 0 Å². The molecule has 2 rings (SSSR count). The topological polar surface area (TPSA) is 58.8 Å². The lowest BCUT2D eigenvalue weighted by Crippen LogP contribution is -2.76. The second kappa shape index (κ2) is 6.46. The predicted molar refractivity (Wildman–Crippen MR) is 88.6 cm³/mol. The number of hydrogen-bond donors (Lipinski definition) is 1.